The summed E-state index contributed by atoms with van der Waals surface area (Å²) in [4.78, 5) is 25.3. The Morgan fingerprint density at radius 2 is 2.00 bits per heavy atom. The highest BCUT2D eigenvalue weighted by atomic mass is 16.5. The van der Waals surface area contributed by atoms with Crippen LogP contribution in [-0.4, -0.2) is 48.6 Å². The number of quaternary nitrogens is 1. The fourth-order valence-electron chi connectivity index (χ4n) is 4.17. The number of piperidine rings is 1. The maximum Gasteiger partial charge on any atom is 0.220 e. The van der Waals surface area contributed by atoms with Crippen LogP contribution in [0.3, 0.4) is 0 Å². The fraction of sp³-hybridized carbons (Fsp3) is 0.684. The second kappa shape index (κ2) is 7.70. The lowest BCUT2D eigenvalue weighted by molar-refractivity contribution is -0.897. The normalized spacial score (nSPS) is 26.7. The minimum atomic E-state index is -0.206. The van der Waals surface area contributed by atoms with E-state index in [2.05, 4.69) is 11.5 Å². The van der Waals surface area contributed by atoms with Crippen LogP contribution in [0.5, 0.6) is 0 Å². The van der Waals surface area contributed by atoms with Gasteiger partial charge in [0.25, 0.3) is 0 Å². The first-order valence-corrected chi connectivity index (χ1v) is 9.40. The van der Waals surface area contributed by atoms with E-state index in [9.17, 15) is 9.59 Å². The maximum atomic E-state index is 12.8. The number of nitrogens with zero attached hydrogens (tertiary/aromatic N) is 1. The summed E-state index contributed by atoms with van der Waals surface area (Å²) in [5.41, 5.74) is 8.39. The van der Waals surface area contributed by atoms with Crippen LogP contribution in [0.4, 0.5) is 0 Å². The zero-order chi connectivity index (χ0) is 18.0. The number of likely N-dealkylation sites (tertiary alicyclic amines) is 1. The number of rotatable bonds is 6. The molecule has 1 aromatic rings. The molecule has 2 aliphatic heterocycles. The quantitative estimate of drug-likeness (QED) is 0.723. The summed E-state index contributed by atoms with van der Waals surface area (Å²) in [6, 6.07) is 2.02. The van der Waals surface area contributed by atoms with E-state index >= 15 is 0 Å². The lowest BCUT2D eigenvalue weighted by Gasteiger charge is -2.27. The number of primary amides is 1. The fourth-order valence-corrected chi connectivity index (χ4v) is 4.17. The molecule has 0 bridgehead atoms. The minimum Gasteiger partial charge on any atom is -0.376 e. The van der Waals surface area contributed by atoms with Gasteiger partial charge in [0, 0.05) is 48.9 Å². The highest BCUT2D eigenvalue weighted by Gasteiger charge is 2.28. The number of hydrogen-bond acceptors (Lipinski definition) is 3. The van der Waals surface area contributed by atoms with Gasteiger partial charge in [-0.1, -0.05) is 0 Å². The van der Waals surface area contributed by atoms with Crippen LogP contribution in [-0.2, 0) is 16.1 Å². The van der Waals surface area contributed by atoms with Gasteiger partial charge in [-0.3, -0.25) is 9.59 Å². The molecule has 3 rings (SSSR count). The molecule has 3 N–H and O–H groups in total. The Kier molecular flexibility index (Phi) is 5.59. The zero-order valence-electron chi connectivity index (χ0n) is 15.3. The number of hydrogen-bond donors (Lipinski definition) is 2. The van der Waals surface area contributed by atoms with Crippen molar-refractivity contribution in [3.63, 3.8) is 0 Å². The van der Waals surface area contributed by atoms with E-state index < -0.39 is 0 Å². The molecule has 0 aromatic carbocycles. The predicted molar refractivity (Wildman–Crippen MR) is 94.7 cm³/mol. The van der Waals surface area contributed by atoms with Crippen molar-refractivity contribution < 1.29 is 19.2 Å². The second-order valence-corrected chi connectivity index (χ2v) is 7.56. The monoisotopic (exact) mass is 348 g/mol. The number of ketones is 1. The molecule has 1 amide bonds. The number of carbonyl (C=O) groups is 2. The third kappa shape index (κ3) is 4.12. The van der Waals surface area contributed by atoms with E-state index in [1.54, 1.807) is 0 Å². The molecule has 0 saturated carbocycles. The number of amides is 1. The summed E-state index contributed by atoms with van der Waals surface area (Å²) < 4.78 is 7.96. The van der Waals surface area contributed by atoms with Gasteiger partial charge >= 0.3 is 0 Å². The molecule has 1 atom stereocenters. The zero-order valence-corrected chi connectivity index (χ0v) is 15.3. The van der Waals surface area contributed by atoms with Crippen molar-refractivity contribution in [2.75, 3.05) is 26.2 Å². The van der Waals surface area contributed by atoms with E-state index in [1.807, 2.05) is 13.0 Å². The predicted octanol–water partition coefficient (Wildman–Crippen LogP) is 0.247. The lowest BCUT2D eigenvalue weighted by atomic mass is 9.96. The summed E-state index contributed by atoms with van der Waals surface area (Å²) in [5, 5.41) is 0. The van der Waals surface area contributed by atoms with Gasteiger partial charge in [0.15, 0.2) is 0 Å². The molecular weight excluding hydrogens is 318 g/mol. The molecule has 2 saturated heterocycles. The van der Waals surface area contributed by atoms with Gasteiger partial charge in [0.2, 0.25) is 11.7 Å². The molecule has 2 aliphatic rings. The second-order valence-electron chi connectivity index (χ2n) is 7.56. The number of nitrogens with one attached hydrogen (secondary N) is 1. The summed E-state index contributed by atoms with van der Waals surface area (Å²) in [5.74, 6) is -0.0300. The highest BCUT2D eigenvalue weighted by Crippen LogP contribution is 2.20. The molecule has 6 heteroatoms. The molecule has 25 heavy (non-hydrogen) atoms. The molecule has 138 valence electrons. The summed E-state index contributed by atoms with van der Waals surface area (Å²) in [6.07, 6.45) is 4.07. The van der Waals surface area contributed by atoms with E-state index in [-0.39, 0.29) is 23.7 Å². The molecular formula is C19H30N3O3+. The largest absolute Gasteiger partial charge is 0.376 e. The van der Waals surface area contributed by atoms with Crippen molar-refractivity contribution in [2.45, 2.75) is 52.2 Å². The molecule has 0 aliphatic carbocycles. The highest BCUT2D eigenvalue weighted by molar-refractivity contribution is 5.98. The molecule has 1 aromatic heterocycles. The first kappa shape index (κ1) is 18.1. The number of nitrogens with two attached hydrogens (primary N) is 1. The van der Waals surface area contributed by atoms with E-state index in [0.717, 1.165) is 68.9 Å². The van der Waals surface area contributed by atoms with Gasteiger partial charge in [-0.15, -0.1) is 0 Å². The lowest BCUT2D eigenvalue weighted by Crippen LogP contribution is -3.14. The van der Waals surface area contributed by atoms with Crippen molar-refractivity contribution in [1.82, 2.24) is 4.57 Å². The molecule has 6 nitrogen and oxygen atoms in total. The van der Waals surface area contributed by atoms with Gasteiger partial charge in [-0.05, 0) is 32.8 Å². The minimum absolute atomic E-state index is 0.0182. The Morgan fingerprint density at radius 1 is 1.28 bits per heavy atom. The Bertz CT molecular complexity index is 639. The van der Waals surface area contributed by atoms with Crippen molar-refractivity contribution in [1.29, 1.82) is 0 Å². The Labute approximate surface area is 149 Å². The number of Topliss-reactive ketones (excluding diaryl/α,β-unsaturated/α-hetero) is 1. The number of carbonyl (C=O) groups excluding carboxylic acids is 2. The van der Waals surface area contributed by atoms with Gasteiger partial charge in [0.1, 0.15) is 6.54 Å². The van der Waals surface area contributed by atoms with Crippen molar-refractivity contribution in [3.05, 3.63) is 23.0 Å². The van der Waals surface area contributed by atoms with Crippen molar-refractivity contribution in [2.24, 2.45) is 11.7 Å². The van der Waals surface area contributed by atoms with Crippen molar-refractivity contribution >= 4 is 11.7 Å². The van der Waals surface area contributed by atoms with Crippen LogP contribution < -0.4 is 10.6 Å². The molecule has 0 radical (unpaired) electrons. The SMILES string of the molecule is Cc1cc(C(=O)C[NH+]2CCC(C(N)=O)CC2)c(C)n1C[C@@H]1CCCO1. The summed E-state index contributed by atoms with van der Waals surface area (Å²) in [6.45, 7) is 7.95. The van der Waals surface area contributed by atoms with Gasteiger partial charge in [-0.2, -0.15) is 0 Å². The van der Waals surface area contributed by atoms with E-state index in [4.69, 9.17) is 10.5 Å². The van der Waals surface area contributed by atoms with Crippen LogP contribution in [0.1, 0.15) is 47.4 Å². The number of aromatic nitrogens is 1. The maximum absolute atomic E-state index is 12.8. The van der Waals surface area contributed by atoms with Crippen molar-refractivity contribution in [3.8, 4) is 0 Å². The first-order valence-electron chi connectivity index (χ1n) is 9.40. The van der Waals surface area contributed by atoms with Gasteiger partial charge in [-0.25, -0.2) is 0 Å². The summed E-state index contributed by atoms with van der Waals surface area (Å²) >= 11 is 0. The molecule has 2 fully saturated rings. The van der Waals surface area contributed by atoms with Crippen LogP contribution in [0, 0.1) is 19.8 Å². The van der Waals surface area contributed by atoms with Crippen LogP contribution >= 0.6 is 0 Å². The molecule has 3 heterocycles. The topological polar surface area (TPSA) is 78.8 Å². The Hall–Kier alpha value is -1.66. The van der Waals surface area contributed by atoms with Crippen LogP contribution in [0.2, 0.25) is 0 Å². The van der Waals surface area contributed by atoms with Gasteiger partial charge < -0.3 is 19.9 Å². The van der Waals surface area contributed by atoms with E-state index in [1.165, 1.54) is 4.90 Å². The summed E-state index contributed by atoms with van der Waals surface area (Å²) in [7, 11) is 0. The third-order valence-electron chi connectivity index (χ3n) is 5.79. The van der Waals surface area contributed by atoms with E-state index in [0.29, 0.717) is 6.54 Å². The smallest absolute Gasteiger partial charge is 0.220 e. The average molecular weight is 348 g/mol. The third-order valence-corrected chi connectivity index (χ3v) is 5.79. The van der Waals surface area contributed by atoms with Crippen LogP contribution in [0.25, 0.3) is 0 Å². The molecule has 0 spiro atoms. The molecule has 0 unspecified atom stereocenters. The average Bonchev–Trinajstić information content (AvgIpc) is 3.19. The van der Waals surface area contributed by atoms with Gasteiger partial charge in [0.05, 0.1) is 19.2 Å². The standard InChI is InChI=1S/C19H29N3O3/c1-13-10-17(14(2)22(13)11-16-4-3-9-25-16)18(23)12-21-7-5-15(6-8-21)19(20)24/h10,15-16H,3-9,11-12H2,1-2H3,(H2,20,24)/p+1/t16-/m0/s1. The Balaban J connectivity index is 1.61. The first-order chi connectivity index (χ1) is 12.0. The number of aryl methyl sites for hydroxylation is 1. The van der Waals surface area contributed by atoms with Crippen LogP contribution in [0.15, 0.2) is 6.07 Å². The Morgan fingerprint density at radius 3 is 2.60 bits per heavy atom. The number of ether oxygens (including phenoxy) is 1.